The molecule has 0 aliphatic rings. The van der Waals surface area contributed by atoms with E-state index in [9.17, 15) is 14.4 Å². The number of methoxy groups -OCH3 is 1. The van der Waals surface area contributed by atoms with E-state index >= 15 is 0 Å². The molecular formula is C18H26N2O6. The Morgan fingerprint density at radius 1 is 0.923 bits per heavy atom. The third-order valence-electron chi connectivity index (χ3n) is 2.78. The number of nitrogens with zero attached hydrogens (tertiary/aromatic N) is 2. The minimum Gasteiger partial charge on any atom is -0.464 e. The van der Waals surface area contributed by atoms with Crippen molar-refractivity contribution in [1.82, 2.24) is 4.98 Å². The summed E-state index contributed by atoms with van der Waals surface area (Å²) in [6.45, 7) is 11.6. The molecule has 144 valence electrons. The van der Waals surface area contributed by atoms with E-state index in [-0.39, 0.29) is 11.4 Å². The standard InChI is InChI=1S/C18H26N2O6/c1-11-9-10-12(13(19-11)14(21)24-8)20(15(22)25-17(2,3)4)16(23)26-18(5,6)7/h9-10H,1-8H3. The fraction of sp³-hybridized carbons (Fsp3) is 0.556. The van der Waals surface area contributed by atoms with Gasteiger partial charge in [0.25, 0.3) is 0 Å². The van der Waals surface area contributed by atoms with Gasteiger partial charge in [0.15, 0.2) is 5.69 Å². The Labute approximate surface area is 153 Å². The molecule has 0 unspecified atom stereocenters. The van der Waals surface area contributed by atoms with Crippen molar-refractivity contribution in [3.8, 4) is 0 Å². The minimum absolute atomic E-state index is 0.0778. The molecule has 0 spiro atoms. The number of imide groups is 1. The molecule has 0 radical (unpaired) electrons. The highest BCUT2D eigenvalue weighted by Crippen LogP contribution is 2.25. The first-order valence-electron chi connectivity index (χ1n) is 8.07. The summed E-state index contributed by atoms with van der Waals surface area (Å²) in [6, 6.07) is 2.98. The highest BCUT2D eigenvalue weighted by atomic mass is 16.6. The molecule has 0 aromatic carbocycles. The molecule has 0 fully saturated rings. The number of ether oxygens (including phenoxy) is 3. The summed E-state index contributed by atoms with van der Waals surface area (Å²) in [4.78, 5) is 42.1. The summed E-state index contributed by atoms with van der Waals surface area (Å²) in [5.74, 6) is -0.791. The number of carbonyl (C=O) groups is 3. The Kier molecular flexibility index (Phi) is 6.35. The van der Waals surface area contributed by atoms with Crippen LogP contribution in [0, 0.1) is 6.92 Å². The Morgan fingerprint density at radius 3 is 1.77 bits per heavy atom. The van der Waals surface area contributed by atoms with Gasteiger partial charge in [-0.15, -0.1) is 0 Å². The quantitative estimate of drug-likeness (QED) is 0.579. The van der Waals surface area contributed by atoms with Crippen LogP contribution in [-0.4, -0.2) is 41.5 Å². The van der Waals surface area contributed by atoms with Gasteiger partial charge in [-0.25, -0.2) is 19.4 Å². The van der Waals surface area contributed by atoms with Crippen LogP contribution in [0.1, 0.15) is 57.7 Å². The molecule has 0 aliphatic heterocycles. The van der Waals surface area contributed by atoms with Crippen LogP contribution in [0.15, 0.2) is 12.1 Å². The van der Waals surface area contributed by atoms with Gasteiger partial charge >= 0.3 is 18.2 Å². The second kappa shape index (κ2) is 7.72. The molecule has 0 aliphatic carbocycles. The lowest BCUT2D eigenvalue weighted by Gasteiger charge is -2.29. The van der Waals surface area contributed by atoms with Crippen molar-refractivity contribution in [2.75, 3.05) is 12.0 Å². The maximum absolute atomic E-state index is 12.7. The van der Waals surface area contributed by atoms with Crippen molar-refractivity contribution in [1.29, 1.82) is 0 Å². The summed E-state index contributed by atoms with van der Waals surface area (Å²) < 4.78 is 15.3. The monoisotopic (exact) mass is 366 g/mol. The van der Waals surface area contributed by atoms with Crippen molar-refractivity contribution in [3.63, 3.8) is 0 Å². The molecule has 8 heteroatoms. The van der Waals surface area contributed by atoms with E-state index in [1.807, 2.05) is 0 Å². The van der Waals surface area contributed by atoms with Crippen LogP contribution < -0.4 is 4.90 Å². The number of hydrogen-bond donors (Lipinski definition) is 0. The van der Waals surface area contributed by atoms with E-state index in [1.54, 1.807) is 54.5 Å². The fourth-order valence-electron chi connectivity index (χ4n) is 1.86. The Balaban J connectivity index is 3.48. The van der Waals surface area contributed by atoms with Crippen LogP contribution in [0.2, 0.25) is 0 Å². The van der Waals surface area contributed by atoms with E-state index in [0.29, 0.717) is 10.6 Å². The number of pyridine rings is 1. The van der Waals surface area contributed by atoms with Crippen molar-refractivity contribution < 1.29 is 28.6 Å². The summed E-state index contributed by atoms with van der Waals surface area (Å²) in [5, 5.41) is 0. The second-order valence-corrected chi connectivity index (χ2v) is 7.61. The van der Waals surface area contributed by atoms with Gasteiger partial charge in [-0.05, 0) is 60.6 Å². The van der Waals surface area contributed by atoms with Crippen LogP contribution in [0.5, 0.6) is 0 Å². The second-order valence-electron chi connectivity index (χ2n) is 7.61. The number of hydrogen-bond acceptors (Lipinski definition) is 7. The molecule has 2 amide bonds. The molecule has 0 atom stereocenters. The molecule has 8 nitrogen and oxygen atoms in total. The number of rotatable bonds is 2. The highest BCUT2D eigenvalue weighted by molar-refractivity contribution is 6.12. The van der Waals surface area contributed by atoms with Gasteiger partial charge in [-0.2, -0.15) is 4.90 Å². The maximum atomic E-state index is 12.7. The normalized spacial score (nSPS) is 11.5. The van der Waals surface area contributed by atoms with Crippen molar-refractivity contribution in [2.45, 2.75) is 59.7 Å². The van der Waals surface area contributed by atoms with Crippen molar-refractivity contribution in [2.24, 2.45) is 0 Å². The number of aryl methyl sites for hydroxylation is 1. The molecule has 0 saturated heterocycles. The van der Waals surface area contributed by atoms with Gasteiger partial charge < -0.3 is 14.2 Å². The van der Waals surface area contributed by atoms with E-state index in [2.05, 4.69) is 4.98 Å². The van der Waals surface area contributed by atoms with Gasteiger partial charge in [-0.1, -0.05) is 0 Å². The van der Waals surface area contributed by atoms with Gasteiger partial charge in [0.1, 0.15) is 11.2 Å². The average Bonchev–Trinajstić information content (AvgIpc) is 2.44. The zero-order valence-corrected chi connectivity index (χ0v) is 16.5. The molecule has 1 aromatic rings. The largest absolute Gasteiger partial charge is 0.464 e. The first-order valence-corrected chi connectivity index (χ1v) is 8.07. The smallest absolute Gasteiger partial charge is 0.424 e. The van der Waals surface area contributed by atoms with E-state index < -0.39 is 29.4 Å². The molecule has 0 bridgehead atoms. The van der Waals surface area contributed by atoms with Gasteiger partial charge in [-0.3, -0.25) is 0 Å². The van der Waals surface area contributed by atoms with Crippen LogP contribution in [0.4, 0.5) is 15.3 Å². The summed E-state index contributed by atoms with van der Waals surface area (Å²) in [6.07, 6.45) is -1.97. The average molecular weight is 366 g/mol. The zero-order valence-electron chi connectivity index (χ0n) is 16.5. The third kappa shape index (κ3) is 6.02. The summed E-state index contributed by atoms with van der Waals surface area (Å²) in [7, 11) is 1.18. The maximum Gasteiger partial charge on any atom is 0.424 e. The van der Waals surface area contributed by atoms with Gasteiger partial charge in [0.2, 0.25) is 0 Å². The number of aromatic nitrogens is 1. The fourth-order valence-corrected chi connectivity index (χ4v) is 1.86. The molecule has 0 N–H and O–H groups in total. The van der Waals surface area contributed by atoms with Crippen LogP contribution in [0.25, 0.3) is 0 Å². The molecule has 0 saturated carbocycles. The Morgan fingerprint density at radius 2 is 1.38 bits per heavy atom. The van der Waals surface area contributed by atoms with Gasteiger partial charge in [0, 0.05) is 5.69 Å². The summed E-state index contributed by atoms with van der Waals surface area (Å²) >= 11 is 0. The molecule has 1 rings (SSSR count). The zero-order chi connectivity index (χ0) is 20.3. The Hall–Kier alpha value is -2.64. The van der Waals surface area contributed by atoms with Crippen LogP contribution >= 0.6 is 0 Å². The lowest BCUT2D eigenvalue weighted by atomic mass is 10.2. The van der Waals surface area contributed by atoms with Crippen molar-refractivity contribution in [3.05, 3.63) is 23.5 Å². The van der Waals surface area contributed by atoms with E-state index in [0.717, 1.165) is 0 Å². The van der Waals surface area contributed by atoms with Crippen molar-refractivity contribution >= 4 is 23.8 Å². The highest BCUT2D eigenvalue weighted by Gasteiger charge is 2.35. The molecule has 26 heavy (non-hydrogen) atoms. The predicted octanol–water partition coefficient (Wildman–Crippen LogP) is 3.85. The van der Waals surface area contributed by atoms with Crippen LogP contribution in [-0.2, 0) is 14.2 Å². The molecular weight excluding hydrogens is 340 g/mol. The number of carbonyl (C=O) groups excluding carboxylic acids is 3. The minimum atomic E-state index is -0.984. The third-order valence-corrected chi connectivity index (χ3v) is 2.78. The SMILES string of the molecule is COC(=O)c1nc(C)ccc1N(C(=O)OC(C)(C)C)C(=O)OC(C)(C)C. The first kappa shape index (κ1) is 21.4. The predicted molar refractivity (Wildman–Crippen MR) is 95.3 cm³/mol. The van der Waals surface area contributed by atoms with Crippen LogP contribution in [0.3, 0.4) is 0 Å². The summed E-state index contributed by atoms with van der Waals surface area (Å²) in [5.41, 5.74) is -1.47. The van der Waals surface area contributed by atoms with E-state index in [1.165, 1.54) is 13.2 Å². The lowest BCUT2D eigenvalue weighted by Crippen LogP contribution is -2.44. The number of amides is 2. The topological polar surface area (TPSA) is 95.0 Å². The Bertz CT molecular complexity index is 673. The van der Waals surface area contributed by atoms with Gasteiger partial charge in [0.05, 0.1) is 12.8 Å². The van der Waals surface area contributed by atoms with E-state index in [4.69, 9.17) is 14.2 Å². The molecule has 1 aromatic heterocycles. The first-order chi connectivity index (χ1) is 11.7. The molecule has 1 heterocycles. The number of esters is 1. The lowest BCUT2D eigenvalue weighted by molar-refractivity contribution is 0.0430. The number of anilines is 1.